The Morgan fingerprint density at radius 3 is 2.30 bits per heavy atom. The fourth-order valence-corrected chi connectivity index (χ4v) is 2.97. The van der Waals surface area contributed by atoms with Crippen molar-refractivity contribution in [3.63, 3.8) is 0 Å². The molecule has 1 heterocycles. The number of pyridine rings is 1. The fourth-order valence-electron chi connectivity index (χ4n) is 2.97. The molecule has 4 aromatic rings. The molecule has 0 aliphatic heterocycles. The van der Waals surface area contributed by atoms with Crippen molar-refractivity contribution in [1.82, 2.24) is 4.98 Å². The number of nitrogens with two attached hydrogens (primary N) is 1. The third-order valence-electron chi connectivity index (χ3n) is 4.05. The molecule has 2 nitrogen and oxygen atoms in total. The van der Waals surface area contributed by atoms with Crippen LogP contribution < -0.4 is 5.73 Å². The molecule has 4 rings (SSSR count). The van der Waals surface area contributed by atoms with Crippen LogP contribution >= 0.6 is 12.4 Å². The molecule has 23 heavy (non-hydrogen) atoms. The van der Waals surface area contributed by atoms with Crippen LogP contribution in [0.15, 0.2) is 72.8 Å². The van der Waals surface area contributed by atoms with Crippen molar-refractivity contribution >= 4 is 34.1 Å². The van der Waals surface area contributed by atoms with Crippen LogP contribution in [0.4, 0.5) is 0 Å². The first-order chi connectivity index (χ1) is 10.9. The lowest BCUT2D eigenvalue weighted by Crippen LogP contribution is -2.01. The predicted molar refractivity (Wildman–Crippen MR) is 99.8 cm³/mol. The van der Waals surface area contributed by atoms with Crippen molar-refractivity contribution in [3.05, 3.63) is 78.5 Å². The summed E-state index contributed by atoms with van der Waals surface area (Å²) < 4.78 is 0. The van der Waals surface area contributed by atoms with Crippen LogP contribution in [0.5, 0.6) is 0 Å². The van der Waals surface area contributed by atoms with Gasteiger partial charge in [-0.2, -0.15) is 0 Å². The molecule has 0 aliphatic carbocycles. The van der Waals surface area contributed by atoms with Crippen molar-refractivity contribution in [3.8, 4) is 11.1 Å². The molecule has 0 saturated carbocycles. The molecule has 0 amide bonds. The molecule has 0 saturated heterocycles. The maximum atomic E-state index is 5.87. The van der Waals surface area contributed by atoms with E-state index < -0.39 is 0 Å². The number of hydrogen-bond donors (Lipinski definition) is 1. The molecular formula is C20H17ClN2. The van der Waals surface area contributed by atoms with Crippen molar-refractivity contribution in [1.29, 1.82) is 0 Å². The summed E-state index contributed by atoms with van der Waals surface area (Å²) in [6.07, 6.45) is 0. The van der Waals surface area contributed by atoms with E-state index in [1.165, 1.54) is 27.3 Å². The lowest BCUT2D eigenvalue weighted by atomic mass is 9.97. The van der Waals surface area contributed by atoms with Crippen molar-refractivity contribution in [2.24, 2.45) is 5.73 Å². The number of hydrogen-bond acceptors (Lipinski definition) is 2. The van der Waals surface area contributed by atoms with Gasteiger partial charge in [0.25, 0.3) is 0 Å². The van der Waals surface area contributed by atoms with Gasteiger partial charge in [0.15, 0.2) is 0 Å². The number of aromatic nitrogens is 1. The van der Waals surface area contributed by atoms with E-state index in [2.05, 4.69) is 66.7 Å². The summed E-state index contributed by atoms with van der Waals surface area (Å²) in [6.45, 7) is 0.443. The van der Waals surface area contributed by atoms with E-state index in [1.54, 1.807) is 0 Å². The highest BCUT2D eigenvalue weighted by atomic mass is 35.5. The Morgan fingerprint density at radius 2 is 1.52 bits per heavy atom. The highest BCUT2D eigenvalue weighted by Crippen LogP contribution is 2.32. The number of fused-ring (bicyclic) bond motifs is 3. The van der Waals surface area contributed by atoms with Crippen LogP contribution in [-0.2, 0) is 6.54 Å². The van der Waals surface area contributed by atoms with E-state index in [0.717, 1.165) is 11.2 Å². The molecule has 0 fully saturated rings. The Bertz CT molecular complexity index is 965. The Kier molecular flexibility index (Phi) is 4.28. The van der Waals surface area contributed by atoms with E-state index in [-0.39, 0.29) is 12.4 Å². The molecule has 0 aliphatic rings. The molecule has 0 unspecified atom stereocenters. The second kappa shape index (κ2) is 6.37. The lowest BCUT2D eigenvalue weighted by molar-refractivity contribution is 1.01. The van der Waals surface area contributed by atoms with Crippen molar-refractivity contribution in [2.75, 3.05) is 0 Å². The highest BCUT2D eigenvalue weighted by molar-refractivity contribution is 6.09. The Morgan fingerprint density at radius 1 is 0.783 bits per heavy atom. The lowest BCUT2D eigenvalue weighted by Gasteiger charge is -2.11. The van der Waals surface area contributed by atoms with Gasteiger partial charge >= 0.3 is 0 Å². The zero-order valence-corrected chi connectivity index (χ0v) is 13.4. The van der Waals surface area contributed by atoms with E-state index >= 15 is 0 Å². The zero-order chi connectivity index (χ0) is 14.9. The maximum absolute atomic E-state index is 5.87. The van der Waals surface area contributed by atoms with Gasteiger partial charge in [0.2, 0.25) is 0 Å². The molecule has 2 N–H and O–H groups in total. The van der Waals surface area contributed by atoms with Gasteiger partial charge < -0.3 is 5.73 Å². The fraction of sp³-hybridized carbons (Fsp3) is 0.0500. The molecule has 3 aromatic carbocycles. The summed E-state index contributed by atoms with van der Waals surface area (Å²) in [4.78, 5) is 4.78. The Hall–Kier alpha value is -2.42. The highest BCUT2D eigenvalue weighted by Gasteiger charge is 2.09. The average Bonchev–Trinajstić information content (AvgIpc) is 2.61. The summed E-state index contributed by atoms with van der Waals surface area (Å²) in [5.41, 5.74) is 10.2. The normalized spacial score (nSPS) is 10.7. The molecule has 0 spiro atoms. The van der Waals surface area contributed by atoms with Crippen molar-refractivity contribution in [2.45, 2.75) is 6.54 Å². The minimum atomic E-state index is 0. The first-order valence-electron chi connectivity index (χ1n) is 7.44. The van der Waals surface area contributed by atoms with Gasteiger partial charge in [0.1, 0.15) is 0 Å². The molecule has 0 atom stereocenters. The van der Waals surface area contributed by atoms with Crippen LogP contribution in [0.2, 0.25) is 0 Å². The standard InChI is InChI=1S/C20H16N2.ClH/c21-13-16-12-19(14-6-2-1-3-7-14)18-11-10-15-8-4-5-9-17(15)20(18)22-16;/h1-12H,13,21H2;1H. The van der Waals surface area contributed by atoms with E-state index in [1.807, 2.05) is 6.07 Å². The van der Waals surface area contributed by atoms with Gasteiger partial charge in [-0.25, -0.2) is 0 Å². The quantitative estimate of drug-likeness (QED) is 0.531. The van der Waals surface area contributed by atoms with E-state index in [9.17, 15) is 0 Å². The largest absolute Gasteiger partial charge is 0.325 e. The van der Waals surface area contributed by atoms with Crippen LogP contribution in [0.1, 0.15) is 5.69 Å². The van der Waals surface area contributed by atoms with E-state index in [0.29, 0.717) is 6.54 Å². The molecule has 0 radical (unpaired) electrons. The Balaban J connectivity index is 0.00000156. The SMILES string of the molecule is Cl.NCc1cc(-c2ccccc2)c2ccc3ccccc3c2n1. The number of nitrogens with zero attached hydrogens (tertiary/aromatic N) is 1. The average molecular weight is 321 g/mol. The van der Waals surface area contributed by atoms with E-state index in [4.69, 9.17) is 10.7 Å². The maximum Gasteiger partial charge on any atom is 0.0790 e. The third-order valence-corrected chi connectivity index (χ3v) is 4.05. The molecular weight excluding hydrogens is 304 g/mol. The summed E-state index contributed by atoms with van der Waals surface area (Å²) >= 11 is 0. The first-order valence-corrected chi connectivity index (χ1v) is 7.44. The Labute approximate surface area is 141 Å². The summed E-state index contributed by atoms with van der Waals surface area (Å²) in [5.74, 6) is 0. The number of rotatable bonds is 2. The molecule has 114 valence electrons. The van der Waals surface area contributed by atoms with Crippen molar-refractivity contribution < 1.29 is 0 Å². The summed E-state index contributed by atoms with van der Waals surface area (Å²) in [7, 11) is 0. The topological polar surface area (TPSA) is 38.9 Å². The number of halogens is 1. The molecule has 1 aromatic heterocycles. The monoisotopic (exact) mass is 320 g/mol. The predicted octanol–water partition coefficient (Wildman–Crippen LogP) is 4.94. The first kappa shape index (κ1) is 15.5. The second-order valence-electron chi connectivity index (χ2n) is 5.41. The summed E-state index contributed by atoms with van der Waals surface area (Å²) in [5, 5.41) is 3.55. The smallest absolute Gasteiger partial charge is 0.0790 e. The van der Waals surface area contributed by atoms with Gasteiger partial charge in [-0.1, -0.05) is 66.7 Å². The van der Waals surface area contributed by atoms with Gasteiger partial charge in [0, 0.05) is 17.3 Å². The minimum Gasteiger partial charge on any atom is -0.325 e. The van der Waals surface area contributed by atoms with Gasteiger partial charge in [-0.15, -0.1) is 12.4 Å². The molecule has 3 heteroatoms. The van der Waals surface area contributed by atoms with Crippen LogP contribution in [0.3, 0.4) is 0 Å². The van der Waals surface area contributed by atoms with Gasteiger partial charge in [0.05, 0.1) is 11.2 Å². The van der Waals surface area contributed by atoms with Gasteiger partial charge in [-0.3, -0.25) is 4.98 Å². The van der Waals surface area contributed by atoms with Crippen LogP contribution in [0, 0.1) is 0 Å². The summed E-state index contributed by atoms with van der Waals surface area (Å²) in [6, 6.07) is 25.2. The van der Waals surface area contributed by atoms with Gasteiger partial charge in [-0.05, 0) is 22.6 Å². The third kappa shape index (κ3) is 2.67. The van der Waals surface area contributed by atoms with Crippen LogP contribution in [0.25, 0.3) is 32.8 Å². The number of benzene rings is 3. The van der Waals surface area contributed by atoms with Crippen LogP contribution in [-0.4, -0.2) is 4.98 Å². The minimum absolute atomic E-state index is 0. The second-order valence-corrected chi connectivity index (χ2v) is 5.41. The molecule has 0 bridgehead atoms. The zero-order valence-electron chi connectivity index (χ0n) is 12.6.